The SMILES string of the molecule is NN=CN1CCC(C(=O)NCC2CCCN2C(=O)C(CO)NS(=O)(=O)c2ccc3ccccc3c2)CC1. The summed E-state index contributed by atoms with van der Waals surface area (Å²) in [6.07, 6.45) is 4.37. The zero-order valence-electron chi connectivity index (χ0n) is 20.6. The molecule has 37 heavy (non-hydrogen) atoms. The molecule has 0 spiro atoms. The maximum Gasteiger partial charge on any atom is 0.243 e. The first kappa shape index (κ1) is 26.8. The second kappa shape index (κ2) is 11.9. The zero-order chi connectivity index (χ0) is 26.4. The van der Waals surface area contributed by atoms with E-state index in [1.54, 1.807) is 17.3 Å². The third-order valence-corrected chi connectivity index (χ3v) is 8.58. The Morgan fingerprint density at radius 3 is 2.54 bits per heavy atom. The molecule has 0 aromatic heterocycles. The van der Waals surface area contributed by atoms with Gasteiger partial charge in [-0.15, -0.1) is 0 Å². The van der Waals surface area contributed by atoms with Crippen LogP contribution in [0.2, 0.25) is 0 Å². The van der Waals surface area contributed by atoms with Crippen molar-refractivity contribution in [3.8, 4) is 0 Å². The lowest BCUT2D eigenvalue weighted by atomic mass is 9.96. The van der Waals surface area contributed by atoms with Gasteiger partial charge in [0.25, 0.3) is 0 Å². The van der Waals surface area contributed by atoms with Crippen LogP contribution in [0.25, 0.3) is 10.8 Å². The van der Waals surface area contributed by atoms with Crippen molar-refractivity contribution < 1.29 is 23.1 Å². The normalized spacial score (nSPS) is 20.0. The van der Waals surface area contributed by atoms with E-state index in [1.165, 1.54) is 12.1 Å². The minimum absolute atomic E-state index is 0.0199. The molecule has 0 radical (unpaired) electrons. The van der Waals surface area contributed by atoms with E-state index in [4.69, 9.17) is 5.84 Å². The van der Waals surface area contributed by atoms with Gasteiger partial charge in [0.15, 0.2) is 0 Å². The highest BCUT2D eigenvalue weighted by atomic mass is 32.2. The number of carbonyl (C=O) groups is 2. The van der Waals surface area contributed by atoms with Crippen LogP contribution in [0, 0.1) is 5.92 Å². The maximum atomic E-state index is 13.3. The van der Waals surface area contributed by atoms with E-state index in [0.29, 0.717) is 38.9 Å². The van der Waals surface area contributed by atoms with Crippen LogP contribution in [-0.4, -0.2) is 86.3 Å². The lowest BCUT2D eigenvalue weighted by molar-refractivity contribution is -0.135. The Labute approximate surface area is 216 Å². The lowest BCUT2D eigenvalue weighted by Gasteiger charge is -2.31. The third-order valence-electron chi connectivity index (χ3n) is 7.11. The molecule has 0 aliphatic carbocycles. The van der Waals surface area contributed by atoms with Gasteiger partial charge in [0.05, 0.1) is 11.5 Å². The number of benzene rings is 2. The van der Waals surface area contributed by atoms with Crippen LogP contribution in [0.1, 0.15) is 25.7 Å². The van der Waals surface area contributed by atoms with E-state index >= 15 is 0 Å². The van der Waals surface area contributed by atoms with Gasteiger partial charge in [-0.2, -0.15) is 9.82 Å². The Kier molecular flexibility index (Phi) is 8.62. The topological polar surface area (TPSA) is 157 Å². The number of nitrogens with two attached hydrogens (primary N) is 1. The van der Waals surface area contributed by atoms with Crippen LogP contribution in [0.15, 0.2) is 52.5 Å². The maximum absolute atomic E-state index is 13.3. The molecule has 2 aromatic rings. The second-order valence-corrected chi connectivity index (χ2v) is 11.2. The number of amides is 2. The number of carbonyl (C=O) groups excluding carboxylic acids is 2. The number of nitrogens with zero attached hydrogens (tertiary/aromatic N) is 3. The van der Waals surface area contributed by atoms with Crippen molar-refractivity contribution in [2.75, 3.05) is 32.8 Å². The van der Waals surface area contributed by atoms with Gasteiger partial charge >= 0.3 is 0 Å². The van der Waals surface area contributed by atoms with E-state index in [9.17, 15) is 23.1 Å². The molecule has 2 heterocycles. The van der Waals surface area contributed by atoms with Gasteiger partial charge in [0.1, 0.15) is 12.4 Å². The molecular weight excluding hydrogens is 496 g/mol. The molecule has 12 heteroatoms. The molecule has 11 nitrogen and oxygen atoms in total. The van der Waals surface area contributed by atoms with Crippen LogP contribution in [-0.2, 0) is 19.6 Å². The number of piperidine rings is 1. The van der Waals surface area contributed by atoms with Crippen molar-refractivity contribution in [3.63, 3.8) is 0 Å². The van der Waals surface area contributed by atoms with Gasteiger partial charge in [-0.3, -0.25) is 9.59 Å². The predicted octanol–water partition coefficient (Wildman–Crippen LogP) is 0.200. The summed E-state index contributed by atoms with van der Waals surface area (Å²) >= 11 is 0. The van der Waals surface area contributed by atoms with Crippen LogP contribution < -0.4 is 15.9 Å². The van der Waals surface area contributed by atoms with Crippen LogP contribution >= 0.6 is 0 Å². The third kappa shape index (κ3) is 6.38. The standard InChI is InChI=1S/C25H34N6O5S/c26-28-17-30-12-9-19(10-13-30)24(33)27-15-21-6-3-11-31(21)25(34)23(16-32)29-37(35,36)22-8-7-18-4-1-2-5-20(18)14-22/h1-2,4-5,7-8,14,17,19,21,23,29,32H,3,6,9-13,15-16,26H2,(H,27,33). The highest BCUT2D eigenvalue weighted by Gasteiger charge is 2.35. The van der Waals surface area contributed by atoms with Crippen molar-refractivity contribution in [2.24, 2.45) is 16.9 Å². The van der Waals surface area contributed by atoms with Crippen molar-refractivity contribution in [1.29, 1.82) is 0 Å². The summed E-state index contributed by atoms with van der Waals surface area (Å²) in [4.78, 5) is 29.5. The smallest absolute Gasteiger partial charge is 0.243 e. The number of sulfonamides is 1. The van der Waals surface area contributed by atoms with Gasteiger partial charge in [0.2, 0.25) is 21.8 Å². The first-order chi connectivity index (χ1) is 17.8. The fraction of sp³-hybridized carbons (Fsp3) is 0.480. The summed E-state index contributed by atoms with van der Waals surface area (Å²) < 4.78 is 28.4. The number of rotatable bonds is 9. The number of nitrogens with one attached hydrogen (secondary N) is 2. The summed E-state index contributed by atoms with van der Waals surface area (Å²) in [5.74, 6) is 4.51. The second-order valence-electron chi connectivity index (χ2n) is 9.51. The largest absolute Gasteiger partial charge is 0.394 e. The summed E-state index contributed by atoms with van der Waals surface area (Å²) in [6, 6.07) is 10.5. The van der Waals surface area contributed by atoms with Gasteiger partial charge < -0.3 is 26.1 Å². The molecule has 2 saturated heterocycles. The van der Waals surface area contributed by atoms with Gasteiger partial charge in [-0.1, -0.05) is 30.3 Å². The number of aliphatic hydroxyl groups excluding tert-OH is 1. The summed E-state index contributed by atoms with van der Waals surface area (Å²) in [5, 5.41) is 18.0. The Morgan fingerprint density at radius 2 is 1.84 bits per heavy atom. The first-order valence-corrected chi connectivity index (χ1v) is 14.0. The molecule has 2 unspecified atom stereocenters. The molecule has 0 bridgehead atoms. The predicted molar refractivity (Wildman–Crippen MR) is 140 cm³/mol. The molecule has 200 valence electrons. The molecule has 2 atom stereocenters. The Bertz CT molecular complexity index is 1250. The number of hydrazone groups is 1. The van der Waals surface area contributed by atoms with E-state index in [1.807, 2.05) is 29.2 Å². The van der Waals surface area contributed by atoms with Crippen molar-refractivity contribution in [1.82, 2.24) is 19.8 Å². The van der Waals surface area contributed by atoms with Crippen LogP contribution in [0.3, 0.4) is 0 Å². The molecule has 2 amide bonds. The highest BCUT2D eigenvalue weighted by molar-refractivity contribution is 7.89. The zero-order valence-corrected chi connectivity index (χ0v) is 21.4. The fourth-order valence-corrected chi connectivity index (χ4v) is 6.24. The lowest BCUT2D eigenvalue weighted by Crippen LogP contribution is -2.53. The Hall–Kier alpha value is -3.22. The highest BCUT2D eigenvalue weighted by Crippen LogP contribution is 2.22. The quantitative estimate of drug-likeness (QED) is 0.156. The van der Waals surface area contributed by atoms with Gasteiger partial charge in [-0.05, 0) is 48.6 Å². The molecule has 2 fully saturated rings. The number of aliphatic hydroxyl groups is 1. The molecule has 2 aliphatic heterocycles. The molecule has 4 rings (SSSR count). The van der Waals surface area contributed by atoms with Crippen molar-refractivity contribution in [3.05, 3.63) is 42.5 Å². The summed E-state index contributed by atoms with van der Waals surface area (Å²) in [5.41, 5.74) is 0. The number of hydrogen-bond acceptors (Lipinski definition) is 7. The van der Waals surface area contributed by atoms with Crippen molar-refractivity contribution >= 4 is 38.9 Å². The van der Waals surface area contributed by atoms with Crippen molar-refractivity contribution in [2.45, 2.75) is 42.7 Å². The monoisotopic (exact) mass is 530 g/mol. The molecule has 2 aliphatic rings. The Morgan fingerprint density at radius 1 is 1.11 bits per heavy atom. The average Bonchev–Trinajstić information content (AvgIpc) is 3.39. The number of fused-ring (bicyclic) bond motifs is 1. The van der Waals surface area contributed by atoms with E-state index in [-0.39, 0.29) is 29.3 Å². The Balaban J connectivity index is 1.35. The molecule has 5 N–H and O–H groups in total. The van der Waals surface area contributed by atoms with E-state index in [0.717, 1.165) is 17.2 Å². The van der Waals surface area contributed by atoms with Crippen LogP contribution in [0.4, 0.5) is 0 Å². The summed E-state index contributed by atoms with van der Waals surface area (Å²) in [7, 11) is -4.05. The molecular formula is C25H34N6O5S. The molecule has 0 saturated carbocycles. The number of hydrogen-bond donors (Lipinski definition) is 4. The van der Waals surface area contributed by atoms with E-state index in [2.05, 4.69) is 15.1 Å². The molecule has 2 aromatic carbocycles. The van der Waals surface area contributed by atoms with E-state index < -0.39 is 28.6 Å². The first-order valence-electron chi connectivity index (χ1n) is 12.5. The van der Waals surface area contributed by atoms with Gasteiger partial charge in [0, 0.05) is 38.1 Å². The minimum atomic E-state index is -4.05. The number of likely N-dealkylation sites (tertiary alicyclic amines) is 2. The summed E-state index contributed by atoms with van der Waals surface area (Å²) in [6.45, 7) is 1.44. The fourth-order valence-electron chi connectivity index (χ4n) is 5.03. The average molecular weight is 531 g/mol. The van der Waals surface area contributed by atoms with Gasteiger partial charge in [-0.25, -0.2) is 8.42 Å². The minimum Gasteiger partial charge on any atom is -0.394 e. The van der Waals surface area contributed by atoms with Crippen LogP contribution in [0.5, 0.6) is 0 Å².